The van der Waals surface area contributed by atoms with Gasteiger partial charge in [0, 0.05) is 24.8 Å². The third-order valence-electron chi connectivity index (χ3n) is 4.89. The molecule has 1 aliphatic heterocycles. The van der Waals surface area contributed by atoms with Gasteiger partial charge in [0.2, 0.25) is 0 Å². The fourth-order valence-electron chi connectivity index (χ4n) is 3.47. The van der Waals surface area contributed by atoms with Gasteiger partial charge in [-0.3, -0.25) is 9.88 Å². The van der Waals surface area contributed by atoms with E-state index in [9.17, 15) is 5.11 Å². The lowest BCUT2D eigenvalue weighted by Gasteiger charge is -2.41. The zero-order valence-electron chi connectivity index (χ0n) is 14.6. The van der Waals surface area contributed by atoms with Gasteiger partial charge in [-0.15, -0.1) is 0 Å². The summed E-state index contributed by atoms with van der Waals surface area (Å²) >= 11 is 0. The van der Waals surface area contributed by atoms with Crippen molar-refractivity contribution in [2.45, 2.75) is 5.72 Å². The molecule has 0 spiro atoms. The van der Waals surface area contributed by atoms with Crippen LogP contribution in [0.25, 0.3) is 11.1 Å². The number of hydrogen-bond acceptors (Lipinski definition) is 4. The maximum atomic E-state index is 11.7. The van der Waals surface area contributed by atoms with Gasteiger partial charge in [-0.1, -0.05) is 60.7 Å². The molecule has 0 bridgehead atoms. The summed E-state index contributed by atoms with van der Waals surface area (Å²) in [6.45, 7) is 2.54. The predicted molar refractivity (Wildman–Crippen MR) is 102 cm³/mol. The highest BCUT2D eigenvalue weighted by molar-refractivity contribution is 5.63. The fraction of sp³-hybridized carbons (Fsp3) is 0.227. The Morgan fingerprint density at radius 2 is 1.46 bits per heavy atom. The highest BCUT2D eigenvalue weighted by Gasteiger charge is 2.40. The molecular formula is C22H22N2O2. The molecule has 1 aliphatic rings. The molecule has 1 saturated heterocycles. The van der Waals surface area contributed by atoms with Crippen molar-refractivity contribution in [3.63, 3.8) is 0 Å². The van der Waals surface area contributed by atoms with Gasteiger partial charge >= 0.3 is 0 Å². The van der Waals surface area contributed by atoms with Crippen molar-refractivity contribution < 1.29 is 9.84 Å². The number of ether oxygens (including phenoxy) is 1. The highest BCUT2D eigenvalue weighted by Crippen LogP contribution is 2.34. The summed E-state index contributed by atoms with van der Waals surface area (Å²) in [5, 5.41) is 11.7. The van der Waals surface area contributed by atoms with Crippen LogP contribution in [0.4, 0.5) is 0 Å². The third kappa shape index (κ3) is 3.15. The van der Waals surface area contributed by atoms with E-state index in [2.05, 4.69) is 29.2 Å². The summed E-state index contributed by atoms with van der Waals surface area (Å²) < 4.78 is 5.47. The maximum Gasteiger partial charge on any atom is 0.188 e. The Morgan fingerprint density at radius 3 is 2.12 bits per heavy atom. The highest BCUT2D eigenvalue weighted by atomic mass is 16.5. The van der Waals surface area contributed by atoms with E-state index in [0.29, 0.717) is 32.0 Å². The quantitative estimate of drug-likeness (QED) is 0.787. The van der Waals surface area contributed by atoms with E-state index in [1.807, 2.05) is 53.4 Å². The van der Waals surface area contributed by atoms with Crippen molar-refractivity contribution in [1.29, 1.82) is 0 Å². The van der Waals surface area contributed by atoms with Crippen LogP contribution in [0.1, 0.15) is 11.3 Å². The summed E-state index contributed by atoms with van der Waals surface area (Å²) in [4.78, 5) is 6.49. The minimum Gasteiger partial charge on any atom is -0.379 e. The molecule has 0 aliphatic carbocycles. The topological polar surface area (TPSA) is 45.6 Å². The van der Waals surface area contributed by atoms with Gasteiger partial charge in [0.05, 0.1) is 18.9 Å². The van der Waals surface area contributed by atoms with Gasteiger partial charge < -0.3 is 9.84 Å². The lowest BCUT2D eigenvalue weighted by molar-refractivity contribution is -0.122. The number of morpholine rings is 1. The minimum absolute atomic E-state index is 0.608. The van der Waals surface area contributed by atoms with E-state index in [4.69, 9.17) is 4.74 Å². The molecular weight excluding hydrogens is 324 g/mol. The molecule has 1 aromatic heterocycles. The van der Waals surface area contributed by atoms with Crippen LogP contribution in [0.5, 0.6) is 0 Å². The van der Waals surface area contributed by atoms with Gasteiger partial charge in [-0.05, 0) is 23.3 Å². The molecule has 1 fully saturated rings. The Balaban J connectivity index is 1.74. The first-order chi connectivity index (χ1) is 12.8. The van der Waals surface area contributed by atoms with Crippen LogP contribution in [0.3, 0.4) is 0 Å². The Morgan fingerprint density at radius 1 is 0.808 bits per heavy atom. The molecule has 132 valence electrons. The molecule has 3 aromatic rings. The van der Waals surface area contributed by atoms with E-state index in [0.717, 1.165) is 16.7 Å². The van der Waals surface area contributed by atoms with Crippen LogP contribution < -0.4 is 0 Å². The zero-order valence-corrected chi connectivity index (χ0v) is 14.6. The second kappa shape index (κ2) is 7.38. The molecule has 2 heterocycles. The van der Waals surface area contributed by atoms with Gasteiger partial charge in [0.25, 0.3) is 0 Å². The van der Waals surface area contributed by atoms with Crippen LogP contribution in [-0.4, -0.2) is 41.3 Å². The molecule has 0 radical (unpaired) electrons. The number of pyridine rings is 1. The minimum atomic E-state index is -1.26. The van der Waals surface area contributed by atoms with E-state index < -0.39 is 5.72 Å². The molecule has 4 heteroatoms. The third-order valence-corrected chi connectivity index (χ3v) is 4.89. The van der Waals surface area contributed by atoms with Crippen LogP contribution in [-0.2, 0) is 10.5 Å². The van der Waals surface area contributed by atoms with Crippen molar-refractivity contribution in [1.82, 2.24) is 9.88 Å². The first-order valence-electron chi connectivity index (χ1n) is 8.91. The molecule has 4 nitrogen and oxygen atoms in total. The van der Waals surface area contributed by atoms with Crippen LogP contribution >= 0.6 is 0 Å². The second-order valence-corrected chi connectivity index (χ2v) is 6.43. The van der Waals surface area contributed by atoms with Gasteiger partial charge in [0.1, 0.15) is 0 Å². The van der Waals surface area contributed by atoms with Gasteiger partial charge in [0.15, 0.2) is 5.72 Å². The summed E-state index contributed by atoms with van der Waals surface area (Å²) in [5.41, 5.74) is 2.47. The lowest BCUT2D eigenvalue weighted by atomic mass is 9.94. The fourth-order valence-corrected chi connectivity index (χ4v) is 3.47. The molecule has 1 atom stereocenters. The number of aromatic nitrogens is 1. The van der Waals surface area contributed by atoms with Crippen LogP contribution in [0.15, 0.2) is 79.0 Å². The number of benzene rings is 2. The van der Waals surface area contributed by atoms with Crippen molar-refractivity contribution in [2.24, 2.45) is 0 Å². The summed E-state index contributed by atoms with van der Waals surface area (Å²) in [5.74, 6) is 0. The first-order valence-corrected chi connectivity index (χ1v) is 8.91. The Labute approximate surface area is 153 Å². The molecule has 0 unspecified atom stereocenters. The lowest BCUT2D eigenvalue weighted by Crippen LogP contribution is -2.52. The average molecular weight is 346 g/mol. The first kappa shape index (κ1) is 16.9. The number of hydrogen-bond donors (Lipinski definition) is 1. The molecule has 0 amide bonds. The molecule has 0 saturated carbocycles. The Hall–Kier alpha value is -2.53. The van der Waals surface area contributed by atoms with Crippen molar-refractivity contribution in [3.05, 3.63) is 90.3 Å². The molecule has 1 N–H and O–H groups in total. The van der Waals surface area contributed by atoms with Crippen LogP contribution in [0, 0.1) is 0 Å². The Kier molecular flexibility index (Phi) is 4.80. The number of rotatable bonds is 4. The summed E-state index contributed by atoms with van der Waals surface area (Å²) in [6, 6.07) is 24.0. The SMILES string of the molecule is O[C@](c1ccc(-c2ccccc2)cc1)(c1ccccn1)N1CCOCC1. The monoisotopic (exact) mass is 346 g/mol. The van der Waals surface area contributed by atoms with Crippen molar-refractivity contribution in [2.75, 3.05) is 26.3 Å². The second-order valence-electron chi connectivity index (χ2n) is 6.43. The standard InChI is InChI=1S/C22H22N2O2/c25-22(21-8-4-5-13-23-21,24-14-16-26-17-15-24)20-11-9-19(10-12-20)18-6-2-1-3-7-18/h1-13,25H,14-17H2/t22-/m1/s1. The van der Waals surface area contributed by atoms with Gasteiger partial charge in [-0.2, -0.15) is 0 Å². The normalized spacial score (nSPS) is 17.6. The predicted octanol–water partition coefficient (Wildman–Crippen LogP) is 3.27. The van der Waals surface area contributed by atoms with Gasteiger partial charge in [-0.25, -0.2) is 0 Å². The summed E-state index contributed by atoms with van der Waals surface area (Å²) in [6.07, 6.45) is 1.72. The molecule has 4 rings (SSSR count). The van der Waals surface area contributed by atoms with E-state index in [1.54, 1.807) is 6.20 Å². The average Bonchev–Trinajstić information content (AvgIpc) is 2.75. The van der Waals surface area contributed by atoms with E-state index in [-0.39, 0.29) is 0 Å². The smallest absolute Gasteiger partial charge is 0.188 e. The van der Waals surface area contributed by atoms with E-state index in [1.165, 1.54) is 0 Å². The molecule has 2 aromatic carbocycles. The zero-order chi connectivity index (χ0) is 17.8. The Bertz CT molecular complexity index is 831. The number of nitrogens with zero attached hydrogens (tertiary/aromatic N) is 2. The van der Waals surface area contributed by atoms with Crippen molar-refractivity contribution >= 4 is 0 Å². The number of aliphatic hydroxyl groups is 1. The molecule has 26 heavy (non-hydrogen) atoms. The maximum absolute atomic E-state index is 11.7. The van der Waals surface area contributed by atoms with E-state index >= 15 is 0 Å². The summed E-state index contributed by atoms with van der Waals surface area (Å²) in [7, 11) is 0. The largest absolute Gasteiger partial charge is 0.379 e. The van der Waals surface area contributed by atoms with Crippen LogP contribution in [0.2, 0.25) is 0 Å². The van der Waals surface area contributed by atoms with Crippen molar-refractivity contribution in [3.8, 4) is 11.1 Å².